The molecule has 212 valence electrons. The topological polar surface area (TPSA) is 59.8 Å². The van der Waals surface area contributed by atoms with Crippen molar-refractivity contribution in [3.63, 3.8) is 0 Å². The van der Waals surface area contributed by atoms with Gasteiger partial charge in [-0.1, -0.05) is 23.7 Å². The summed E-state index contributed by atoms with van der Waals surface area (Å²) in [4.78, 5) is 23.1. The fourth-order valence-electron chi connectivity index (χ4n) is 6.02. The van der Waals surface area contributed by atoms with Gasteiger partial charge in [-0.25, -0.2) is 9.37 Å². The zero-order valence-corrected chi connectivity index (χ0v) is 23.5. The molecule has 0 unspecified atom stereocenters. The van der Waals surface area contributed by atoms with Crippen LogP contribution in [0, 0.1) is 11.7 Å². The monoisotopic (exact) mass is 566 g/mol. The van der Waals surface area contributed by atoms with Crippen molar-refractivity contribution in [3.05, 3.63) is 70.4 Å². The Hall–Kier alpha value is -2.94. The highest BCUT2D eigenvalue weighted by Crippen LogP contribution is 2.31. The molecular formula is C31H36ClFN4O3. The maximum absolute atomic E-state index is 13.8. The van der Waals surface area contributed by atoms with Crippen molar-refractivity contribution < 1.29 is 18.7 Å². The molecular weight excluding hydrogens is 531 g/mol. The van der Waals surface area contributed by atoms with E-state index in [1.165, 1.54) is 6.07 Å². The summed E-state index contributed by atoms with van der Waals surface area (Å²) in [6.45, 7) is 6.60. The van der Waals surface area contributed by atoms with Crippen molar-refractivity contribution in [2.24, 2.45) is 5.92 Å². The Morgan fingerprint density at radius 1 is 1.05 bits per heavy atom. The first-order valence-corrected chi connectivity index (χ1v) is 14.7. The summed E-state index contributed by atoms with van der Waals surface area (Å²) in [6.07, 6.45) is 6.35. The molecule has 6 rings (SSSR count). The molecule has 0 aliphatic carbocycles. The maximum atomic E-state index is 13.8. The van der Waals surface area contributed by atoms with E-state index in [1.54, 1.807) is 12.1 Å². The number of rotatable bonds is 8. The fraction of sp³-hybridized carbons (Fsp3) is 0.484. The second kappa shape index (κ2) is 12.3. The molecule has 9 heteroatoms. The Morgan fingerprint density at radius 3 is 2.62 bits per heavy atom. The van der Waals surface area contributed by atoms with Gasteiger partial charge in [-0.2, -0.15) is 0 Å². The number of ether oxygens (including phenoxy) is 2. The van der Waals surface area contributed by atoms with E-state index < -0.39 is 5.82 Å². The minimum atomic E-state index is -0.478. The first-order valence-electron chi connectivity index (χ1n) is 14.3. The molecule has 0 bridgehead atoms. The van der Waals surface area contributed by atoms with E-state index in [9.17, 15) is 9.18 Å². The predicted octanol–water partition coefficient (Wildman–Crippen LogP) is 5.12. The first kappa shape index (κ1) is 27.2. The van der Waals surface area contributed by atoms with Crippen LogP contribution in [0.4, 0.5) is 10.1 Å². The molecule has 2 fully saturated rings. The standard InChI is InChI=1S/C31H36ClFN4O3/c32-26-16-23(3-5-27(26)33)17-31(38)37(19-22-7-12-39-13-8-22)20-25-18-24(28-21-36-9-1-2-30(36)34-28)4-6-29(25)35-10-14-40-15-11-35/h3-6,16,18,21-22H,1-2,7-15,17,19-20H2. The van der Waals surface area contributed by atoms with E-state index in [0.717, 1.165) is 86.9 Å². The van der Waals surface area contributed by atoms with Crippen molar-refractivity contribution in [3.8, 4) is 11.3 Å². The molecule has 40 heavy (non-hydrogen) atoms. The summed E-state index contributed by atoms with van der Waals surface area (Å²) >= 11 is 6.03. The molecule has 3 aliphatic rings. The average Bonchev–Trinajstić information content (AvgIpc) is 3.59. The van der Waals surface area contributed by atoms with Crippen LogP contribution in [0.3, 0.4) is 0 Å². The molecule has 2 aromatic carbocycles. The highest BCUT2D eigenvalue weighted by molar-refractivity contribution is 6.30. The lowest BCUT2D eigenvalue weighted by molar-refractivity contribution is -0.132. The zero-order chi connectivity index (χ0) is 27.5. The molecule has 0 N–H and O–H groups in total. The van der Waals surface area contributed by atoms with Crippen molar-refractivity contribution in [2.45, 2.75) is 45.2 Å². The normalized spacial score (nSPS) is 17.7. The largest absolute Gasteiger partial charge is 0.381 e. The molecule has 3 aliphatic heterocycles. The van der Waals surface area contributed by atoms with E-state index in [4.69, 9.17) is 26.1 Å². The minimum absolute atomic E-state index is 0.00784. The van der Waals surface area contributed by atoms with Crippen LogP contribution in [0.2, 0.25) is 5.02 Å². The maximum Gasteiger partial charge on any atom is 0.227 e. The number of anilines is 1. The number of halogens is 2. The van der Waals surface area contributed by atoms with E-state index in [-0.39, 0.29) is 17.4 Å². The van der Waals surface area contributed by atoms with Gasteiger partial charge in [-0.15, -0.1) is 0 Å². The van der Waals surface area contributed by atoms with Crippen LogP contribution < -0.4 is 4.90 Å². The lowest BCUT2D eigenvalue weighted by atomic mass is 9.98. The van der Waals surface area contributed by atoms with Crippen molar-refractivity contribution in [2.75, 3.05) is 51.0 Å². The van der Waals surface area contributed by atoms with Crippen LogP contribution in [0.25, 0.3) is 11.3 Å². The van der Waals surface area contributed by atoms with Gasteiger partial charge in [0.2, 0.25) is 5.91 Å². The number of benzene rings is 2. The van der Waals surface area contributed by atoms with E-state index in [2.05, 4.69) is 33.9 Å². The molecule has 2 saturated heterocycles. The van der Waals surface area contributed by atoms with Gasteiger partial charge in [0.1, 0.15) is 11.6 Å². The lowest BCUT2D eigenvalue weighted by Crippen LogP contribution is -2.39. The molecule has 3 aromatic rings. The van der Waals surface area contributed by atoms with Gasteiger partial charge in [0.25, 0.3) is 0 Å². The quantitative estimate of drug-likeness (QED) is 0.379. The number of aromatic nitrogens is 2. The summed E-state index contributed by atoms with van der Waals surface area (Å²) in [5.74, 6) is 1.05. The highest BCUT2D eigenvalue weighted by atomic mass is 35.5. The molecule has 0 radical (unpaired) electrons. The second-order valence-electron chi connectivity index (χ2n) is 11.0. The Morgan fingerprint density at radius 2 is 1.85 bits per heavy atom. The number of nitrogens with zero attached hydrogens (tertiary/aromatic N) is 4. The second-order valence-corrected chi connectivity index (χ2v) is 11.4. The Balaban J connectivity index is 1.31. The van der Waals surface area contributed by atoms with Crippen molar-refractivity contribution >= 4 is 23.2 Å². The average molecular weight is 567 g/mol. The smallest absolute Gasteiger partial charge is 0.227 e. The van der Waals surface area contributed by atoms with Crippen LogP contribution in [0.1, 0.15) is 36.2 Å². The van der Waals surface area contributed by atoms with Gasteiger partial charge in [-0.3, -0.25) is 4.79 Å². The van der Waals surface area contributed by atoms with Gasteiger partial charge >= 0.3 is 0 Å². The molecule has 4 heterocycles. The van der Waals surface area contributed by atoms with Crippen LogP contribution in [0.15, 0.2) is 42.6 Å². The summed E-state index contributed by atoms with van der Waals surface area (Å²) in [7, 11) is 0. The summed E-state index contributed by atoms with van der Waals surface area (Å²) < 4.78 is 27.2. The van der Waals surface area contributed by atoms with Gasteiger partial charge in [0.05, 0.1) is 30.4 Å². The number of aryl methyl sites for hydroxylation is 2. The zero-order valence-electron chi connectivity index (χ0n) is 22.8. The third-order valence-electron chi connectivity index (χ3n) is 8.26. The molecule has 0 atom stereocenters. The number of carbonyl (C=O) groups is 1. The van der Waals surface area contributed by atoms with E-state index in [0.29, 0.717) is 37.8 Å². The third kappa shape index (κ3) is 6.19. The predicted molar refractivity (Wildman–Crippen MR) is 153 cm³/mol. The third-order valence-corrected chi connectivity index (χ3v) is 8.55. The number of carbonyl (C=O) groups excluding carboxylic acids is 1. The number of morpholine rings is 1. The number of hydrogen-bond acceptors (Lipinski definition) is 5. The molecule has 1 amide bonds. The number of imidazole rings is 1. The molecule has 0 spiro atoms. The minimum Gasteiger partial charge on any atom is -0.381 e. The number of amides is 1. The summed E-state index contributed by atoms with van der Waals surface area (Å²) in [5.41, 5.74) is 4.99. The molecule has 7 nitrogen and oxygen atoms in total. The number of fused-ring (bicyclic) bond motifs is 1. The van der Waals surface area contributed by atoms with Crippen LogP contribution >= 0.6 is 11.6 Å². The van der Waals surface area contributed by atoms with Gasteiger partial charge in [0, 0.05) is 69.8 Å². The first-order chi connectivity index (χ1) is 19.5. The van der Waals surface area contributed by atoms with Crippen LogP contribution in [0.5, 0.6) is 0 Å². The molecule has 1 aromatic heterocycles. The Kier molecular flexibility index (Phi) is 8.37. The van der Waals surface area contributed by atoms with Gasteiger partial charge < -0.3 is 23.8 Å². The van der Waals surface area contributed by atoms with Crippen LogP contribution in [-0.4, -0.2) is 66.4 Å². The van der Waals surface area contributed by atoms with E-state index in [1.807, 2.05) is 4.90 Å². The highest BCUT2D eigenvalue weighted by Gasteiger charge is 2.25. The Bertz CT molecular complexity index is 1330. The molecule has 0 saturated carbocycles. The van der Waals surface area contributed by atoms with Gasteiger partial charge in [-0.05, 0) is 60.6 Å². The SMILES string of the molecule is O=C(Cc1ccc(F)c(Cl)c1)N(Cc1cc(-c2cn3c(n2)CCC3)ccc1N1CCOCC1)CC1CCOCC1. The summed E-state index contributed by atoms with van der Waals surface area (Å²) in [5, 5.41) is 0.0375. The van der Waals surface area contributed by atoms with Crippen molar-refractivity contribution in [1.29, 1.82) is 0 Å². The summed E-state index contributed by atoms with van der Waals surface area (Å²) in [6, 6.07) is 11.1. The lowest BCUT2D eigenvalue weighted by Gasteiger charge is -2.34. The van der Waals surface area contributed by atoms with Crippen molar-refractivity contribution in [1.82, 2.24) is 14.5 Å². The fourth-order valence-corrected chi connectivity index (χ4v) is 6.22. The number of hydrogen-bond donors (Lipinski definition) is 0. The van der Waals surface area contributed by atoms with E-state index >= 15 is 0 Å². The Labute approximate surface area is 239 Å². The van der Waals surface area contributed by atoms with Gasteiger partial charge in [0.15, 0.2) is 0 Å². The van der Waals surface area contributed by atoms with Crippen LogP contribution in [-0.2, 0) is 40.2 Å².